The average molecular weight is 360 g/mol. The van der Waals surface area contributed by atoms with Crippen LogP contribution < -0.4 is 4.74 Å². The molecule has 7 heteroatoms. The van der Waals surface area contributed by atoms with Crippen molar-refractivity contribution in [3.8, 4) is 5.75 Å². The van der Waals surface area contributed by atoms with Crippen LogP contribution in [0.3, 0.4) is 0 Å². The van der Waals surface area contributed by atoms with Crippen molar-refractivity contribution in [1.29, 1.82) is 0 Å². The van der Waals surface area contributed by atoms with Gasteiger partial charge in [-0.25, -0.2) is 0 Å². The van der Waals surface area contributed by atoms with Crippen LogP contribution >= 0.6 is 0 Å². The SMILES string of the molecule is COc1cc(C(=O)C2CC3CCCC(C2)S3=O)cc(C(F)(F)F)c1. The Labute approximate surface area is 141 Å². The molecule has 132 valence electrons. The van der Waals surface area contributed by atoms with Crippen molar-refractivity contribution >= 4 is 16.6 Å². The van der Waals surface area contributed by atoms with Gasteiger partial charge in [0, 0.05) is 32.8 Å². The van der Waals surface area contributed by atoms with E-state index in [-0.39, 0.29) is 33.5 Å². The third-order valence-corrected chi connectivity index (χ3v) is 7.10. The first-order valence-electron chi connectivity index (χ1n) is 7.99. The number of carbonyl (C=O) groups is 1. The Morgan fingerprint density at radius 1 is 1.17 bits per heavy atom. The maximum absolute atomic E-state index is 13.0. The van der Waals surface area contributed by atoms with Gasteiger partial charge in [0.05, 0.1) is 12.7 Å². The van der Waals surface area contributed by atoms with E-state index in [9.17, 15) is 22.2 Å². The highest BCUT2D eigenvalue weighted by Gasteiger charge is 2.41. The molecule has 0 radical (unpaired) electrons. The zero-order valence-electron chi connectivity index (χ0n) is 13.3. The van der Waals surface area contributed by atoms with Gasteiger partial charge in [-0.05, 0) is 43.9 Å². The number of halogens is 3. The summed E-state index contributed by atoms with van der Waals surface area (Å²) in [6.07, 6.45) is -0.855. The zero-order valence-corrected chi connectivity index (χ0v) is 14.1. The summed E-state index contributed by atoms with van der Waals surface area (Å²) in [6, 6.07) is 3.15. The first-order chi connectivity index (χ1) is 11.3. The van der Waals surface area contributed by atoms with Crippen molar-refractivity contribution in [3.05, 3.63) is 29.3 Å². The normalized spacial score (nSPS) is 30.0. The van der Waals surface area contributed by atoms with Gasteiger partial charge in [0.15, 0.2) is 5.78 Å². The molecule has 24 heavy (non-hydrogen) atoms. The van der Waals surface area contributed by atoms with Gasteiger partial charge in [-0.15, -0.1) is 0 Å². The summed E-state index contributed by atoms with van der Waals surface area (Å²) in [5.74, 6) is -0.632. The van der Waals surface area contributed by atoms with E-state index >= 15 is 0 Å². The predicted molar refractivity (Wildman–Crippen MR) is 84.6 cm³/mol. The minimum absolute atomic E-state index is 0.000792. The largest absolute Gasteiger partial charge is 0.497 e. The lowest BCUT2D eigenvalue weighted by atomic mass is 9.84. The summed E-state index contributed by atoms with van der Waals surface area (Å²) in [4.78, 5) is 12.8. The summed E-state index contributed by atoms with van der Waals surface area (Å²) >= 11 is 0. The fraction of sp³-hybridized carbons (Fsp3) is 0.588. The molecular weight excluding hydrogens is 341 g/mol. The number of alkyl halides is 3. The van der Waals surface area contributed by atoms with Crippen molar-refractivity contribution in [2.45, 2.75) is 48.8 Å². The molecular formula is C17H19F3O3S. The predicted octanol–water partition coefficient (Wildman–Crippen LogP) is 3.98. The molecule has 0 saturated carbocycles. The Bertz CT molecular complexity index is 656. The van der Waals surface area contributed by atoms with Crippen LogP contribution in [0.5, 0.6) is 5.75 Å². The number of benzene rings is 1. The van der Waals surface area contributed by atoms with Crippen LogP contribution in [0.2, 0.25) is 0 Å². The van der Waals surface area contributed by atoms with E-state index in [2.05, 4.69) is 0 Å². The summed E-state index contributed by atoms with van der Waals surface area (Å²) in [5, 5.41) is -0.00158. The molecule has 2 atom stereocenters. The van der Waals surface area contributed by atoms with Crippen LogP contribution in [-0.2, 0) is 17.0 Å². The zero-order chi connectivity index (χ0) is 17.5. The maximum atomic E-state index is 13.0. The van der Waals surface area contributed by atoms with Gasteiger partial charge in [0.2, 0.25) is 0 Å². The second kappa shape index (κ2) is 6.50. The van der Waals surface area contributed by atoms with Crippen LogP contribution in [0.1, 0.15) is 48.0 Å². The van der Waals surface area contributed by atoms with Gasteiger partial charge in [-0.2, -0.15) is 13.2 Å². The number of fused-ring (bicyclic) bond motifs is 2. The van der Waals surface area contributed by atoms with Gasteiger partial charge in [-0.3, -0.25) is 9.00 Å². The number of rotatable bonds is 3. The maximum Gasteiger partial charge on any atom is 0.416 e. The summed E-state index contributed by atoms with van der Waals surface area (Å²) < 4.78 is 56.2. The molecule has 2 aliphatic heterocycles. The molecule has 2 heterocycles. The third kappa shape index (κ3) is 3.36. The smallest absolute Gasteiger partial charge is 0.416 e. The average Bonchev–Trinajstić information content (AvgIpc) is 2.52. The van der Waals surface area contributed by atoms with E-state index < -0.39 is 22.5 Å². The van der Waals surface area contributed by atoms with E-state index in [1.807, 2.05) is 0 Å². The lowest BCUT2D eigenvalue weighted by Crippen LogP contribution is -2.41. The lowest BCUT2D eigenvalue weighted by molar-refractivity contribution is -0.137. The fourth-order valence-electron chi connectivity index (χ4n) is 3.71. The monoisotopic (exact) mass is 360 g/mol. The second-order valence-corrected chi connectivity index (χ2v) is 8.47. The Morgan fingerprint density at radius 3 is 2.33 bits per heavy atom. The van der Waals surface area contributed by atoms with Gasteiger partial charge < -0.3 is 4.74 Å². The number of hydrogen-bond acceptors (Lipinski definition) is 3. The molecule has 2 aliphatic rings. The van der Waals surface area contributed by atoms with Crippen molar-refractivity contribution in [2.24, 2.45) is 5.92 Å². The second-order valence-electron chi connectivity index (χ2n) is 6.48. The van der Waals surface area contributed by atoms with E-state index in [0.29, 0.717) is 12.8 Å². The molecule has 3 rings (SSSR count). The number of ketones is 1. The topological polar surface area (TPSA) is 43.4 Å². The van der Waals surface area contributed by atoms with Gasteiger partial charge >= 0.3 is 6.18 Å². The number of ether oxygens (including phenoxy) is 1. The number of methoxy groups -OCH3 is 1. The molecule has 2 saturated heterocycles. The Balaban J connectivity index is 1.88. The van der Waals surface area contributed by atoms with Crippen LogP contribution in [0.25, 0.3) is 0 Å². The van der Waals surface area contributed by atoms with Crippen molar-refractivity contribution in [2.75, 3.05) is 7.11 Å². The molecule has 0 spiro atoms. The molecule has 0 N–H and O–H groups in total. The molecule has 2 fully saturated rings. The molecule has 0 amide bonds. The Kier molecular flexibility index (Phi) is 4.73. The highest BCUT2D eigenvalue weighted by atomic mass is 32.2. The summed E-state index contributed by atoms with van der Waals surface area (Å²) in [5.41, 5.74) is -0.859. The van der Waals surface area contributed by atoms with Crippen molar-refractivity contribution in [3.63, 3.8) is 0 Å². The van der Waals surface area contributed by atoms with Crippen LogP contribution in [-0.4, -0.2) is 27.6 Å². The number of carbonyl (C=O) groups excluding carboxylic acids is 1. The molecule has 0 aromatic heterocycles. The van der Waals surface area contributed by atoms with E-state index in [1.165, 1.54) is 13.2 Å². The minimum atomic E-state index is -4.53. The van der Waals surface area contributed by atoms with E-state index in [1.54, 1.807) is 0 Å². The van der Waals surface area contributed by atoms with E-state index in [4.69, 9.17) is 4.74 Å². The first-order valence-corrected chi connectivity index (χ1v) is 9.27. The first kappa shape index (κ1) is 17.5. The van der Waals surface area contributed by atoms with Crippen molar-refractivity contribution in [1.82, 2.24) is 0 Å². The lowest BCUT2D eigenvalue weighted by Gasteiger charge is -2.37. The Morgan fingerprint density at radius 2 is 1.79 bits per heavy atom. The van der Waals surface area contributed by atoms with Gasteiger partial charge in [-0.1, -0.05) is 6.42 Å². The minimum Gasteiger partial charge on any atom is -0.497 e. The highest BCUT2D eigenvalue weighted by molar-refractivity contribution is 7.86. The summed E-state index contributed by atoms with van der Waals surface area (Å²) in [7, 11) is 0.365. The molecule has 3 nitrogen and oxygen atoms in total. The standard InChI is InChI=1S/C17H19F3O3S/c1-23-13-6-10(5-12(9-13)17(18,19)20)16(21)11-7-14-3-2-4-15(8-11)24(14)22/h5-6,9,11,14-15H,2-4,7-8H2,1H3. The molecule has 1 aromatic carbocycles. The number of Topliss-reactive ketones (excluding diaryl/α,β-unsaturated/α-hetero) is 1. The highest BCUT2D eigenvalue weighted by Crippen LogP contribution is 2.39. The van der Waals surface area contributed by atoms with Gasteiger partial charge in [0.25, 0.3) is 0 Å². The molecule has 1 aromatic rings. The molecule has 2 unspecified atom stereocenters. The van der Waals surface area contributed by atoms with Crippen LogP contribution in [0, 0.1) is 5.92 Å². The molecule has 0 aliphatic carbocycles. The van der Waals surface area contributed by atoms with Gasteiger partial charge in [0.1, 0.15) is 5.75 Å². The van der Waals surface area contributed by atoms with E-state index in [0.717, 1.165) is 31.4 Å². The quantitative estimate of drug-likeness (QED) is 0.766. The van der Waals surface area contributed by atoms with Crippen LogP contribution in [0.4, 0.5) is 13.2 Å². The Hall–Kier alpha value is -1.37. The van der Waals surface area contributed by atoms with Crippen molar-refractivity contribution < 1.29 is 26.9 Å². The third-order valence-electron chi connectivity index (χ3n) is 4.93. The number of hydrogen-bond donors (Lipinski definition) is 0. The molecule has 2 bridgehead atoms. The fourth-order valence-corrected chi connectivity index (χ4v) is 5.89. The van der Waals surface area contributed by atoms with Crippen LogP contribution in [0.15, 0.2) is 18.2 Å². The summed E-state index contributed by atoms with van der Waals surface area (Å²) in [6.45, 7) is 0.